The van der Waals surface area contributed by atoms with Crippen LogP contribution in [-0.4, -0.2) is 19.0 Å². The quantitative estimate of drug-likeness (QED) is 0.745. The Morgan fingerprint density at radius 1 is 1.22 bits per heavy atom. The van der Waals surface area contributed by atoms with Crippen molar-refractivity contribution in [2.24, 2.45) is 5.92 Å². The predicted octanol–water partition coefficient (Wildman–Crippen LogP) is 3.25. The Bertz CT molecular complexity index is 397. The van der Waals surface area contributed by atoms with Gasteiger partial charge in [-0.15, -0.1) is 0 Å². The third-order valence-corrected chi connectivity index (χ3v) is 2.33. The molecule has 0 aliphatic rings. The van der Waals surface area contributed by atoms with Crippen LogP contribution in [0.25, 0.3) is 0 Å². The van der Waals surface area contributed by atoms with Gasteiger partial charge in [0.1, 0.15) is 5.78 Å². The number of hydrogen-bond acceptors (Lipinski definition) is 3. The van der Waals surface area contributed by atoms with Crippen molar-refractivity contribution < 1.29 is 14.3 Å². The lowest BCUT2D eigenvalue weighted by molar-refractivity contribution is -0.116. The van der Waals surface area contributed by atoms with Crippen LogP contribution in [0, 0.1) is 5.92 Å². The third kappa shape index (κ3) is 4.78. The van der Waals surface area contributed by atoms with Crippen LogP contribution < -0.4 is 9.47 Å². The van der Waals surface area contributed by atoms with Crippen molar-refractivity contribution in [2.45, 2.75) is 34.1 Å². The summed E-state index contributed by atoms with van der Waals surface area (Å²) in [6.45, 7) is 8.97. The molecule has 0 aromatic heterocycles. The molecule has 18 heavy (non-hydrogen) atoms. The average Bonchev–Trinajstić information content (AvgIpc) is 2.27. The Kier molecular flexibility index (Phi) is 5.69. The minimum absolute atomic E-state index is 0.147. The summed E-state index contributed by atoms with van der Waals surface area (Å²) in [5.41, 5.74) is 0.961. The lowest BCUT2D eigenvalue weighted by Gasteiger charge is -2.14. The van der Waals surface area contributed by atoms with E-state index in [2.05, 4.69) is 13.8 Å². The molecular weight excluding hydrogens is 228 g/mol. The van der Waals surface area contributed by atoms with E-state index in [1.165, 1.54) is 0 Å². The second-order valence-electron chi connectivity index (χ2n) is 4.80. The van der Waals surface area contributed by atoms with Gasteiger partial charge in [0, 0.05) is 6.42 Å². The van der Waals surface area contributed by atoms with Gasteiger partial charge in [-0.05, 0) is 37.5 Å². The lowest BCUT2D eigenvalue weighted by Crippen LogP contribution is -2.07. The van der Waals surface area contributed by atoms with Crippen LogP contribution >= 0.6 is 0 Å². The summed E-state index contributed by atoms with van der Waals surface area (Å²) in [5, 5.41) is 0. The molecule has 0 atom stereocenters. The van der Waals surface area contributed by atoms with E-state index in [9.17, 15) is 4.79 Å². The molecule has 0 saturated carbocycles. The van der Waals surface area contributed by atoms with Crippen molar-refractivity contribution >= 4 is 5.78 Å². The van der Waals surface area contributed by atoms with Crippen LogP contribution in [0.5, 0.6) is 11.5 Å². The van der Waals surface area contributed by atoms with Crippen LogP contribution in [-0.2, 0) is 11.2 Å². The summed E-state index contributed by atoms with van der Waals surface area (Å²) in [7, 11) is 0. The molecule has 0 fully saturated rings. The summed E-state index contributed by atoms with van der Waals surface area (Å²) in [6.07, 6.45) is 0.435. The van der Waals surface area contributed by atoms with Gasteiger partial charge in [0.25, 0.3) is 0 Å². The number of hydrogen-bond donors (Lipinski definition) is 0. The van der Waals surface area contributed by atoms with E-state index in [0.29, 0.717) is 25.6 Å². The maximum Gasteiger partial charge on any atom is 0.161 e. The highest BCUT2D eigenvalue weighted by molar-refractivity contribution is 5.78. The Hall–Kier alpha value is -1.51. The minimum atomic E-state index is 0.147. The van der Waals surface area contributed by atoms with Gasteiger partial charge >= 0.3 is 0 Å². The fourth-order valence-electron chi connectivity index (χ4n) is 1.59. The number of rotatable bonds is 7. The van der Waals surface area contributed by atoms with Crippen LogP contribution in [0.4, 0.5) is 0 Å². The molecule has 3 nitrogen and oxygen atoms in total. The molecule has 3 heteroatoms. The van der Waals surface area contributed by atoms with Crippen molar-refractivity contribution in [1.29, 1.82) is 0 Å². The van der Waals surface area contributed by atoms with Crippen molar-refractivity contribution in [3.63, 3.8) is 0 Å². The van der Waals surface area contributed by atoms with Gasteiger partial charge < -0.3 is 9.47 Å². The van der Waals surface area contributed by atoms with Crippen molar-refractivity contribution in [3.8, 4) is 11.5 Å². The topological polar surface area (TPSA) is 35.5 Å². The van der Waals surface area contributed by atoms with E-state index >= 15 is 0 Å². The summed E-state index contributed by atoms with van der Waals surface area (Å²) in [4.78, 5) is 11.1. The van der Waals surface area contributed by atoms with Crippen LogP contribution in [0.3, 0.4) is 0 Å². The van der Waals surface area contributed by atoms with E-state index in [-0.39, 0.29) is 5.78 Å². The molecule has 0 bridgehead atoms. The monoisotopic (exact) mass is 250 g/mol. The summed E-state index contributed by atoms with van der Waals surface area (Å²) in [6, 6.07) is 5.69. The maximum absolute atomic E-state index is 11.1. The zero-order valence-electron chi connectivity index (χ0n) is 11.7. The summed E-state index contributed by atoms with van der Waals surface area (Å²) < 4.78 is 11.3. The molecule has 0 aliphatic carbocycles. The van der Waals surface area contributed by atoms with Gasteiger partial charge in [-0.25, -0.2) is 0 Å². The first-order valence-electron chi connectivity index (χ1n) is 6.40. The molecule has 0 N–H and O–H groups in total. The Labute approximate surface area is 109 Å². The first-order valence-corrected chi connectivity index (χ1v) is 6.40. The first-order chi connectivity index (χ1) is 8.52. The Balaban J connectivity index is 2.85. The third-order valence-electron chi connectivity index (χ3n) is 2.33. The van der Waals surface area contributed by atoms with Gasteiger partial charge in [-0.2, -0.15) is 0 Å². The van der Waals surface area contributed by atoms with Gasteiger partial charge in [0.15, 0.2) is 11.5 Å². The molecule has 0 spiro atoms. The first kappa shape index (κ1) is 14.6. The maximum atomic E-state index is 11.1. The largest absolute Gasteiger partial charge is 0.490 e. The van der Waals surface area contributed by atoms with Gasteiger partial charge in [-0.3, -0.25) is 4.79 Å². The standard InChI is InChI=1S/C15H22O3/c1-5-17-15-9-13(8-12(4)16)6-7-14(15)18-10-11(2)3/h6-7,9,11H,5,8,10H2,1-4H3. The fraction of sp³-hybridized carbons (Fsp3) is 0.533. The van der Waals surface area contributed by atoms with Crippen molar-refractivity contribution in [3.05, 3.63) is 23.8 Å². The molecule has 0 radical (unpaired) electrons. The smallest absolute Gasteiger partial charge is 0.161 e. The van der Waals surface area contributed by atoms with Gasteiger partial charge in [-0.1, -0.05) is 19.9 Å². The number of benzene rings is 1. The second-order valence-corrected chi connectivity index (χ2v) is 4.80. The normalized spacial score (nSPS) is 10.5. The average molecular weight is 250 g/mol. The molecule has 100 valence electrons. The highest BCUT2D eigenvalue weighted by Crippen LogP contribution is 2.29. The minimum Gasteiger partial charge on any atom is -0.490 e. The molecule has 0 amide bonds. The molecule has 1 aromatic rings. The predicted molar refractivity (Wildman–Crippen MR) is 72.3 cm³/mol. The van der Waals surface area contributed by atoms with Gasteiger partial charge in [0.05, 0.1) is 13.2 Å². The zero-order valence-corrected chi connectivity index (χ0v) is 11.7. The van der Waals surface area contributed by atoms with E-state index in [4.69, 9.17) is 9.47 Å². The van der Waals surface area contributed by atoms with Crippen molar-refractivity contribution in [1.82, 2.24) is 0 Å². The number of carbonyl (C=O) groups excluding carboxylic acids is 1. The number of ketones is 1. The molecule has 1 rings (SSSR count). The van der Waals surface area contributed by atoms with Crippen LogP contribution in [0.15, 0.2) is 18.2 Å². The number of Topliss-reactive ketones (excluding diaryl/α,β-unsaturated/α-hetero) is 1. The number of carbonyl (C=O) groups is 1. The molecule has 0 saturated heterocycles. The molecule has 0 unspecified atom stereocenters. The molecule has 0 aliphatic heterocycles. The SMILES string of the molecule is CCOc1cc(CC(C)=O)ccc1OCC(C)C. The van der Waals surface area contributed by atoms with E-state index < -0.39 is 0 Å². The lowest BCUT2D eigenvalue weighted by atomic mass is 10.1. The van der Waals surface area contributed by atoms with E-state index in [1.807, 2.05) is 25.1 Å². The molecule has 1 aromatic carbocycles. The summed E-state index contributed by atoms with van der Waals surface area (Å²) in [5.74, 6) is 2.08. The van der Waals surface area contributed by atoms with E-state index in [1.54, 1.807) is 6.92 Å². The molecular formula is C15H22O3. The van der Waals surface area contributed by atoms with Crippen LogP contribution in [0.2, 0.25) is 0 Å². The fourth-order valence-corrected chi connectivity index (χ4v) is 1.59. The Morgan fingerprint density at radius 3 is 2.50 bits per heavy atom. The highest BCUT2D eigenvalue weighted by Gasteiger charge is 2.08. The summed E-state index contributed by atoms with van der Waals surface area (Å²) >= 11 is 0. The Morgan fingerprint density at radius 2 is 1.94 bits per heavy atom. The van der Waals surface area contributed by atoms with Crippen LogP contribution in [0.1, 0.15) is 33.3 Å². The zero-order chi connectivity index (χ0) is 13.5. The molecule has 0 heterocycles. The highest BCUT2D eigenvalue weighted by atomic mass is 16.5. The number of ether oxygens (including phenoxy) is 2. The second kappa shape index (κ2) is 7.04. The van der Waals surface area contributed by atoms with Gasteiger partial charge in [0.2, 0.25) is 0 Å². The van der Waals surface area contributed by atoms with Crippen molar-refractivity contribution in [2.75, 3.05) is 13.2 Å². The van der Waals surface area contributed by atoms with E-state index in [0.717, 1.165) is 17.1 Å².